The molecule has 9 heteroatoms. The van der Waals surface area contributed by atoms with Crippen molar-refractivity contribution in [2.45, 2.75) is 6.16 Å². The minimum Gasteiger partial charge on any atom is -0.810 e. The van der Waals surface area contributed by atoms with Gasteiger partial charge in [-0.25, -0.2) is 0 Å². The molecule has 0 aliphatic heterocycles. The zero-order valence-electron chi connectivity index (χ0n) is 8.41. The van der Waals surface area contributed by atoms with Crippen LogP contribution in [0.3, 0.4) is 0 Å². The summed E-state index contributed by atoms with van der Waals surface area (Å²) in [5.74, 6) is 0. The standard InChI is InChI=1S/C6H8NO5P.2Na/c8-6-2-1-5(3-7(6)9)4-13(10,11)12;;/h1-3,9H,4H2,(H2,10,11,12);;/q;2*+1/p-2. The molecule has 0 saturated carbocycles. The van der Waals surface area contributed by atoms with Crippen LogP contribution in [0, 0.1) is 0 Å². The quantitative estimate of drug-likeness (QED) is 0.318. The summed E-state index contributed by atoms with van der Waals surface area (Å²) >= 11 is 0. The van der Waals surface area contributed by atoms with E-state index in [1.165, 1.54) is 6.07 Å². The van der Waals surface area contributed by atoms with Crippen LogP contribution in [-0.2, 0) is 10.7 Å². The maximum atomic E-state index is 10.6. The second-order valence-electron chi connectivity index (χ2n) is 2.49. The van der Waals surface area contributed by atoms with Crippen LogP contribution in [0.15, 0.2) is 23.1 Å². The van der Waals surface area contributed by atoms with Crippen molar-refractivity contribution in [2.75, 3.05) is 0 Å². The molecule has 15 heavy (non-hydrogen) atoms. The van der Waals surface area contributed by atoms with Gasteiger partial charge in [-0.3, -0.25) is 4.79 Å². The molecule has 72 valence electrons. The van der Waals surface area contributed by atoms with Crippen LogP contribution in [-0.4, -0.2) is 9.94 Å². The smallest absolute Gasteiger partial charge is 0.810 e. The molecular weight excluding hydrogens is 243 g/mol. The predicted molar refractivity (Wildman–Crippen MR) is 39.2 cm³/mol. The maximum Gasteiger partial charge on any atom is 1.00 e. The molecule has 0 saturated heterocycles. The van der Waals surface area contributed by atoms with Gasteiger partial charge in [-0.15, -0.1) is 0 Å². The first-order valence-electron chi connectivity index (χ1n) is 3.30. The summed E-state index contributed by atoms with van der Waals surface area (Å²) in [7, 11) is -4.65. The Kier molecular flexibility index (Phi) is 8.85. The molecule has 6 nitrogen and oxygen atoms in total. The summed E-state index contributed by atoms with van der Waals surface area (Å²) in [6.45, 7) is 0. The van der Waals surface area contributed by atoms with Gasteiger partial charge in [0, 0.05) is 12.2 Å². The van der Waals surface area contributed by atoms with E-state index >= 15 is 0 Å². The van der Waals surface area contributed by atoms with Crippen molar-refractivity contribution in [1.29, 1.82) is 0 Å². The number of pyridine rings is 1. The first-order valence-corrected chi connectivity index (χ1v) is 5.03. The molecule has 1 aromatic heterocycles. The third-order valence-corrected chi connectivity index (χ3v) is 2.08. The fourth-order valence-corrected chi connectivity index (χ4v) is 1.47. The third-order valence-electron chi connectivity index (χ3n) is 1.33. The van der Waals surface area contributed by atoms with Gasteiger partial charge in [0.05, 0.1) is 6.20 Å². The molecular formula is C6H6NNa2O5P. The molecule has 0 aliphatic carbocycles. The Morgan fingerprint density at radius 1 is 1.33 bits per heavy atom. The van der Waals surface area contributed by atoms with Crippen LogP contribution in [0.4, 0.5) is 0 Å². The van der Waals surface area contributed by atoms with Crippen LogP contribution in [0.25, 0.3) is 0 Å². The zero-order valence-corrected chi connectivity index (χ0v) is 13.3. The van der Waals surface area contributed by atoms with Gasteiger partial charge in [-0.1, -0.05) is 13.7 Å². The topological polar surface area (TPSA) is 105 Å². The van der Waals surface area contributed by atoms with E-state index < -0.39 is 19.3 Å². The first kappa shape index (κ1) is 18.3. The second kappa shape index (κ2) is 7.27. The molecule has 0 atom stereocenters. The molecule has 0 fully saturated rings. The number of aromatic nitrogens is 1. The van der Waals surface area contributed by atoms with Crippen molar-refractivity contribution < 1.29 is 78.7 Å². The normalized spacial score (nSPS) is 10.0. The van der Waals surface area contributed by atoms with Gasteiger partial charge in [0.2, 0.25) is 0 Å². The van der Waals surface area contributed by atoms with Crippen LogP contribution < -0.4 is 74.5 Å². The van der Waals surface area contributed by atoms with Gasteiger partial charge < -0.3 is 19.6 Å². The van der Waals surface area contributed by atoms with Crippen molar-refractivity contribution in [3.05, 3.63) is 34.2 Å². The van der Waals surface area contributed by atoms with Crippen molar-refractivity contribution in [3.63, 3.8) is 0 Å². The van der Waals surface area contributed by atoms with Crippen molar-refractivity contribution in [1.82, 2.24) is 4.73 Å². The van der Waals surface area contributed by atoms with Gasteiger partial charge >= 0.3 is 59.1 Å². The van der Waals surface area contributed by atoms with E-state index in [0.717, 1.165) is 12.3 Å². The van der Waals surface area contributed by atoms with E-state index in [4.69, 9.17) is 5.21 Å². The molecule has 1 N–H and O–H groups in total. The Morgan fingerprint density at radius 3 is 2.27 bits per heavy atom. The minimum atomic E-state index is -4.65. The maximum absolute atomic E-state index is 10.6. The van der Waals surface area contributed by atoms with Gasteiger partial charge in [0.15, 0.2) is 0 Å². The Balaban J connectivity index is 0. The fraction of sp³-hybridized carbons (Fsp3) is 0.167. The molecule has 0 spiro atoms. The molecule has 0 radical (unpaired) electrons. The summed E-state index contributed by atoms with van der Waals surface area (Å²) in [6.07, 6.45) is 0.179. The Bertz CT molecular complexity index is 414. The summed E-state index contributed by atoms with van der Waals surface area (Å²) in [4.78, 5) is 31.2. The van der Waals surface area contributed by atoms with E-state index in [-0.39, 0.29) is 69.4 Å². The van der Waals surface area contributed by atoms with Crippen LogP contribution >= 0.6 is 7.60 Å². The zero-order chi connectivity index (χ0) is 10.1. The fourth-order valence-electron chi connectivity index (χ4n) is 0.836. The van der Waals surface area contributed by atoms with Gasteiger partial charge in [0.1, 0.15) is 0 Å². The summed E-state index contributed by atoms with van der Waals surface area (Å²) in [6, 6.07) is 2.16. The average Bonchev–Trinajstić information content (AvgIpc) is 1.94. The number of rotatable bonds is 2. The molecule has 0 unspecified atom stereocenters. The van der Waals surface area contributed by atoms with Crippen molar-refractivity contribution >= 4 is 7.60 Å². The monoisotopic (exact) mass is 249 g/mol. The van der Waals surface area contributed by atoms with Crippen LogP contribution in [0.2, 0.25) is 0 Å². The van der Waals surface area contributed by atoms with Gasteiger partial charge in [-0.05, 0) is 5.56 Å². The third kappa shape index (κ3) is 6.94. The molecule has 0 aromatic carbocycles. The summed E-state index contributed by atoms with van der Waals surface area (Å²) in [5.41, 5.74) is -0.606. The number of hydrogen-bond donors (Lipinski definition) is 1. The first-order chi connectivity index (χ1) is 5.88. The Labute approximate surface area is 130 Å². The van der Waals surface area contributed by atoms with E-state index in [1.54, 1.807) is 0 Å². The number of nitrogens with zero attached hydrogens (tertiary/aromatic N) is 1. The van der Waals surface area contributed by atoms with E-state index in [0.29, 0.717) is 0 Å². The molecule has 0 amide bonds. The van der Waals surface area contributed by atoms with Crippen LogP contribution in [0.5, 0.6) is 0 Å². The average molecular weight is 249 g/mol. The van der Waals surface area contributed by atoms with Crippen molar-refractivity contribution in [3.8, 4) is 0 Å². The number of hydrogen-bond acceptors (Lipinski definition) is 5. The molecule has 1 aromatic rings. The minimum absolute atomic E-state index is 0. The molecule has 0 aliphatic rings. The van der Waals surface area contributed by atoms with Crippen LogP contribution in [0.1, 0.15) is 5.56 Å². The van der Waals surface area contributed by atoms with Gasteiger partial charge in [0.25, 0.3) is 5.56 Å². The molecule has 1 rings (SSSR count). The summed E-state index contributed by atoms with van der Waals surface area (Å²) in [5, 5.41) is 8.81. The molecule has 1 heterocycles. The van der Waals surface area contributed by atoms with E-state index in [2.05, 4.69) is 0 Å². The summed E-state index contributed by atoms with van der Waals surface area (Å²) < 4.78 is 10.5. The largest absolute Gasteiger partial charge is 1.00 e. The predicted octanol–water partition coefficient (Wildman–Crippen LogP) is -7.49. The van der Waals surface area contributed by atoms with E-state index in [1.807, 2.05) is 0 Å². The van der Waals surface area contributed by atoms with Gasteiger partial charge in [-0.2, -0.15) is 4.73 Å². The van der Waals surface area contributed by atoms with Crippen molar-refractivity contribution in [2.24, 2.45) is 0 Å². The Hall–Kier alpha value is 0.900. The second-order valence-corrected chi connectivity index (χ2v) is 4.03. The van der Waals surface area contributed by atoms with E-state index in [9.17, 15) is 19.1 Å². The SMILES string of the molecule is O=c1ccc(CP(=O)([O-])[O-])cn1O.[Na+].[Na+]. The Morgan fingerprint density at radius 2 is 1.87 bits per heavy atom. The molecule has 0 bridgehead atoms.